The number of ketones is 1. The highest BCUT2D eigenvalue weighted by Gasteiger charge is 2.67. The molecule has 3 saturated carbocycles. The number of nitrogens with one attached hydrogen (secondary N) is 1. The lowest BCUT2D eigenvalue weighted by molar-refractivity contribution is -0.169. The Morgan fingerprint density at radius 2 is 1.68 bits per heavy atom. The number of carbonyl (C=O) groups is 2. The summed E-state index contributed by atoms with van der Waals surface area (Å²) < 4.78 is 0. The van der Waals surface area contributed by atoms with Crippen molar-refractivity contribution < 1.29 is 9.59 Å². The van der Waals surface area contributed by atoms with Gasteiger partial charge in [0.1, 0.15) is 0 Å². The molecule has 0 saturated heterocycles. The van der Waals surface area contributed by atoms with Crippen LogP contribution in [-0.2, 0) is 9.59 Å². The van der Waals surface area contributed by atoms with Crippen LogP contribution in [0, 0.1) is 33.0 Å². The lowest BCUT2D eigenvalue weighted by Gasteiger charge is -2.70. The highest BCUT2D eigenvalue weighted by molar-refractivity contribution is 6.07. The molecule has 6 atom stereocenters. The first-order valence-electron chi connectivity index (χ1n) is 13.1. The summed E-state index contributed by atoms with van der Waals surface area (Å²) in [5.74, 6) is 0.731. The molecule has 34 heavy (non-hydrogen) atoms. The Labute approximate surface area is 205 Å². The Balaban J connectivity index is 1.63. The maximum Gasteiger partial charge on any atom is 0.225 e. The van der Waals surface area contributed by atoms with Crippen molar-refractivity contribution in [3.8, 4) is 0 Å². The van der Waals surface area contributed by atoms with Gasteiger partial charge < -0.3 is 11.1 Å². The molecular formula is C30H42N2O2. The van der Waals surface area contributed by atoms with Gasteiger partial charge in [0.2, 0.25) is 5.91 Å². The standard InChI is InChI=1S/C30H42N2O2/c1-18-21(33)16-20-19(24(18)31)8-9-22-28(20,4)13-15-30(6)23-17-27(3,25(34)32-7)11-10-26(23,2)12-14-29(22,30)5/h8-9,16,23H,10-15,17,31H2,1-7H3,(H,32,34)/t23?,26?,27-,28?,29?,30+/m1/s1. The Morgan fingerprint density at radius 1 is 1.00 bits per heavy atom. The molecule has 5 aliphatic carbocycles. The monoisotopic (exact) mass is 462 g/mol. The number of carbonyl (C=O) groups excluding carboxylic acids is 2. The summed E-state index contributed by atoms with van der Waals surface area (Å²) in [4.78, 5) is 25.7. The van der Waals surface area contributed by atoms with E-state index in [2.05, 4.69) is 52.1 Å². The smallest absolute Gasteiger partial charge is 0.225 e. The third kappa shape index (κ3) is 2.72. The fraction of sp³-hybridized carbons (Fsp3) is 0.667. The molecule has 0 spiro atoms. The predicted molar refractivity (Wildman–Crippen MR) is 137 cm³/mol. The van der Waals surface area contributed by atoms with Crippen molar-refractivity contribution >= 4 is 11.7 Å². The second-order valence-corrected chi connectivity index (χ2v) is 13.3. The summed E-state index contributed by atoms with van der Waals surface area (Å²) in [5.41, 5.74) is 11.3. The molecular weight excluding hydrogens is 420 g/mol. The Hall–Kier alpha value is -2.10. The summed E-state index contributed by atoms with van der Waals surface area (Å²) in [7, 11) is 1.78. The van der Waals surface area contributed by atoms with Gasteiger partial charge in [-0.15, -0.1) is 0 Å². The van der Waals surface area contributed by atoms with Crippen LogP contribution >= 0.6 is 0 Å². The highest BCUT2D eigenvalue weighted by Crippen LogP contribution is 2.75. The molecule has 5 aliphatic rings. The van der Waals surface area contributed by atoms with Crippen molar-refractivity contribution in [3.63, 3.8) is 0 Å². The zero-order valence-electron chi connectivity index (χ0n) is 22.2. The molecule has 184 valence electrons. The van der Waals surface area contributed by atoms with Gasteiger partial charge in [-0.25, -0.2) is 0 Å². The number of fused-ring (bicyclic) bond motifs is 7. The molecule has 4 unspecified atom stereocenters. The van der Waals surface area contributed by atoms with E-state index >= 15 is 0 Å². The van der Waals surface area contributed by atoms with E-state index < -0.39 is 0 Å². The minimum atomic E-state index is -0.302. The molecule has 0 aliphatic heterocycles. The number of rotatable bonds is 1. The molecule has 3 fully saturated rings. The fourth-order valence-electron chi connectivity index (χ4n) is 8.93. The summed E-state index contributed by atoms with van der Waals surface area (Å²) in [5, 5.41) is 2.96. The lowest BCUT2D eigenvalue weighted by atomic mass is 9.34. The minimum Gasteiger partial charge on any atom is -0.398 e. The third-order valence-electron chi connectivity index (χ3n) is 11.7. The quantitative estimate of drug-likeness (QED) is 0.520. The summed E-state index contributed by atoms with van der Waals surface area (Å²) >= 11 is 0. The lowest BCUT2D eigenvalue weighted by Crippen LogP contribution is -2.62. The van der Waals surface area contributed by atoms with Crippen LogP contribution in [0.3, 0.4) is 0 Å². The minimum absolute atomic E-state index is 0.0159. The molecule has 0 bridgehead atoms. The number of hydrogen-bond donors (Lipinski definition) is 2. The van der Waals surface area contributed by atoms with Gasteiger partial charge in [-0.3, -0.25) is 9.59 Å². The van der Waals surface area contributed by atoms with Crippen molar-refractivity contribution in [1.82, 2.24) is 5.32 Å². The zero-order valence-corrected chi connectivity index (χ0v) is 22.2. The van der Waals surface area contributed by atoms with Crippen LogP contribution in [0.4, 0.5) is 0 Å². The first-order chi connectivity index (χ1) is 15.8. The van der Waals surface area contributed by atoms with Crippen molar-refractivity contribution in [3.05, 3.63) is 46.2 Å². The van der Waals surface area contributed by atoms with E-state index in [0.29, 0.717) is 17.2 Å². The van der Waals surface area contributed by atoms with Crippen LogP contribution in [0.2, 0.25) is 0 Å². The van der Waals surface area contributed by atoms with Gasteiger partial charge in [0.25, 0.3) is 0 Å². The molecule has 5 rings (SSSR count). The van der Waals surface area contributed by atoms with E-state index in [9.17, 15) is 9.59 Å². The molecule has 0 radical (unpaired) electrons. The van der Waals surface area contributed by atoms with Crippen molar-refractivity contribution in [1.29, 1.82) is 0 Å². The largest absolute Gasteiger partial charge is 0.398 e. The van der Waals surface area contributed by atoms with Crippen LogP contribution in [0.15, 0.2) is 46.2 Å². The number of nitrogens with two attached hydrogens (primary N) is 1. The van der Waals surface area contributed by atoms with E-state index in [4.69, 9.17) is 5.73 Å². The van der Waals surface area contributed by atoms with Gasteiger partial charge in [0.15, 0.2) is 5.78 Å². The first kappa shape index (κ1) is 23.6. The Bertz CT molecular complexity index is 1120. The van der Waals surface area contributed by atoms with Crippen LogP contribution in [0.1, 0.15) is 86.5 Å². The van der Waals surface area contributed by atoms with Crippen LogP contribution in [0.25, 0.3) is 0 Å². The maximum atomic E-state index is 13.0. The number of allylic oxidation sites excluding steroid dienone is 6. The summed E-state index contributed by atoms with van der Waals surface area (Å²) in [6, 6.07) is 0. The SMILES string of the molecule is CNC(=O)[C@]1(C)CCC2(C)CCC3(C)C4=CC=C5C(=CC(=O)C(C)=C5N)C4(C)CC[C@@]3(C)C2C1. The third-order valence-corrected chi connectivity index (χ3v) is 11.7. The average Bonchev–Trinajstić information content (AvgIpc) is 2.80. The highest BCUT2D eigenvalue weighted by atomic mass is 16.2. The second-order valence-electron chi connectivity index (χ2n) is 13.3. The predicted octanol–water partition coefficient (Wildman–Crippen LogP) is 5.76. The summed E-state index contributed by atoms with van der Waals surface area (Å²) in [6.45, 7) is 13.8. The molecule has 0 aromatic heterocycles. The van der Waals surface area contributed by atoms with Gasteiger partial charge in [-0.1, -0.05) is 52.3 Å². The van der Waals surface area contributed by atoms with Crippen molar-refractivity contribution in [2.24, 2.45) is 38.7 Å². The van der Waals surface area contributed by atoms with E-state index in [-0.39, 0.29) is 38.8 Å². The van der Waals surface area contributed by atoms with Crippen molar-refractivity contribution in [2.45, 2.75) is 86.5 Å². The number of hydrogen-bond acceptors (Lipinski definition) is 3. The Morgan fingerprint density at radius 3 is 2.35 bits per heavy atom. The molecule has 0 aromatic rings. The normalized spacial score (nSPS) is 45.7. The van der Waals surface area contributed by atoms with Gasteiger partial charge in [0, 0.05) is 34.7 Å². The van der Waals surface area contributed by atoms with Crippen LogP contribution in [0.5, 0.6) is 0 Å². The van der Waals surface area contributed by atoms with Gasteiger partial charge in [0.05, 0.1) is 0 Å². The maximum absolute atomic E-state index is 13.0. The molecule has 3 N–H and O–H groups in total. The van der Waals surface area contributed by atoms with E-state index in [1.54, 1.807) is 7.05 Å². The van der Waals surface area contributed by atoms with Crippen LogP contribution < -0.4 is 11.1 Å². The first-order valence-corrected chi connectivity index (χ1v) is 13.1. The Kier molecular flexibility index (Phi) is 4.85. The van der Waals surface area contributed by atoms with Gasteiger partial charge >= 0.3 is 0 Å². The van der Waals surface area contributed by atoms with E-state index in [0.717, 1.165) is 49.7 Å². The fourth-order valence-corrected chi connectivity index (χ4v) is 8.93. The van der Waals surface area contributed by atoms with E-state index in [1.165, 1.54) is 12.0 Å². The number of amides is 1. The van der Waals surface area contributed by atoms with Crippen LogP contribution in [-0.4, -0.2) is 18.7 Å². The second kappa shape index (κ2) is 6.98. The van der Waals surface area contributed by atoms with E-state index in [1.807, 2.05) is 13.0 Å². The average molecular weight is 463 g/mol. The molecule has 0 heterocycles. The zero-order chi connectivity index (χ0) is 24.9. The van der Waals surface area contributed by atoms with Gasteiger partial charge in [-0.2, -0.15) is 0 Å². The van der Waals surface area contributed by atoms with Gasteiger partial charge in [-0.05, 0) is 85.7 Å². The topological polar surface area (TPSA) is 72.2 Å². The molecule has 0 aromatic carbocycles. The van der Waals surface area contributed by atoms with Crippen molar-refractivity contribution in [2.75, 3.05) is 7.05 Å². The molecule has 4 nitrogen and oxygen atoms in total. The molecule has 4 heteroatoms. The summed E-state index contributed by atoms with van der Waals surface area (Å²) in [6.07, 6.45) is 13.9. The molecule has 1 amide bonds.